The third kappa shape index (κ3) is 6.22. The Morgan fingerprint density at radius 2 is 1.67 bits per heavy atom. The van der Waals surface area contributed by atoms with E-state index in [-0.39, 0.29) is 24.0 Å². The molecule has 2 fully saturated rings. The van der Waals surface area contributed by atoms with Gasteiger partial charge >= 0.3 is 0 Å². The molecule has 2 amide bonds. The van der Waals surface area contributed by atoms with Crippen molar-refractivity contribution in [3.05, 3.63) is 65.7 Å². The second kappa shape index (κ2) is 11.4. The van der Waals surface area contributed by atoms with E-state index in [0.717, 1.165) is 0 Å². The van der Waals surface area contributed by atoms with E-state index in [1.165, 1.54) is 22.7 Å². The highest BCUT2D eigenvalue weighted by atomic mass is 32.2. The Hall–Kier alpha value is -2.99. The van der Waals surface area contributed by atoms with Crippen LogP contribution in [-0.2, 0) is 10.2 Å². The fourth-order valence-electron chi connectivity index (χ4n) is 4.20. The largest absolute Gasteiger partial charge is 0.489 e. The van der Waals surface area contributed by atoms with Gasteiger partial charge in [0.1, 0.15) is 11.9 Å². The Morgan fingerprint density at radius 3 is 2.33 bits per heavy atom. The molecule has 2 aliphatic rings. The van der Waals surface area contributed by atoms with Crippen molar-refractivity contribution in [3.8, 4) is 5.75 Å². The van der Waals surface area contributed by atoms with Crippen LogP contribution in [0.4, 0.5) is 0 Å². The van der Waals surface area contributed by atoms with Crippen LogP contribution in [0.3, 0.4) is 0 Å². The van der Waals surface area contributed by atoms with Crippen LogP contribution in [0.2, 0.25) is 0 Å². The van der Waals surface area contributed by atoms with Gasteiger partial charge in [-0.15, -0.1) is 0 Å². The fourth-order valence-corrected chi connectivity index (χ4v) is 5.36. The average Bonchev–Trinajstić information content (AvgIpc) is 3.32. The van der Waals surface area contributed by atoms with Crippen LogP contribution in [0.25, 0.3) is 0 Å². The summed E-state index contributed by atoms with van der Waals surface area (Å²) in [6, 6.07) is 16.3. The van der Waals surface area contributed by atoms with E-state index in [2.05, 4.69) is 10.6 Å². The number of hydrogen-bond acceptors (Lipinski definition) is 6. The topological polar surface area (TPSA) is 111 Å². The van der Waals surface area contributed by atoms with Gasteiger partial charge in [-0.25, -0.2) is 0 Å². The first-order chi connectivity index (χ1) is 17.2. The van der Waals surface area contributed by atoms with E-state index >= 15 is 0 Å². The highest BCUT2D eigenvalue weighted by molar-refractivity contribution is 7.86. The number of rotatable bonds is 10. The number of carbonyl (C=O) groups is 2. The normalized spacial score (nSPS) is 18.8. The molecule has 194 valence electrons. The quantitative estimate of drug-likeness (QED) is 0.453. The number of likely N-dealkylation sites (tertiary alicyclic amines) is 1. The zero-order valence-electron chi connectivity index (χ0n) is 20.6. The maximum absolute atomic E-state index is 12.7. The lowest BCUT2D eigenvalue weighted by atomic mass is 10.1. The fraction of sp³-hybridized carbons (Fsp3) is 0.440. The number of nitrogens with one attached hydrogen (secondary N) is 2. The Balaban J connectivity index is 1.15. The number of nitrogens with zero attached hydrogens (tertiary/aromatic N) is 3. The monoisotopic (exact) mass is 515 g/mol. The predicted octanol–water partition coefficient (Wildman–Crippen LogP) is 0.790. The Labute approximate surface area is 212 Å². The number of benzene rings is 2. The lowest BCUT2D eigenvalue weighted by molar-refractivity contribution is 0.0568. The molecule has 2 heterocycles. The van der Waals surface area contributed by atoms with Crippen LogP contribution in [-0.4, -0.2) is 99.3 Å². The van der Waals surface area contributed by atoms with E-state index in [0.29, 0.717) is 62.6 Å². The molecular formula is C25H33N5O5S. The number of hydrogen-bond donors (Lipinski definition) is 2. The van der Waals surface area contributed by atoms with E-state index in [1.807, 2.05) is 18.2 Å². The molecule has 0 aliphatic carbocycles. The van der Waals surface area contributed by atoms with Crippen molar-refractivity contribution in [2.24, 2.45) is 0 Å². The zero-order chi connectivity index (χ0) is 25.7. The minimum absolute atomic E-state index is 0.0406. The molecule has 0 radical (unpaired) electrons. The number of amides is 2. The van der Waals surface area contributed by atoms with Crippen molar-refractivity contribution in [3.63, 3.8) is 0 Å². The van der Waals surface area contributed by atoms with Crippen LogP contribution < -0.4 is 15.4 Å². The summed E-state index contributed by atoms with van der Waals surface area (Å²) >= 11 is 0. The van der Waals surface area contributed by atoms with Crippen LogP contribution in [0.15, 0.2) is 54.6 Å². The molecule has 0 unspecified atom stereocenters. The van der Waals surface area contributed by atoms with Crippen LogP contribution in [0.5, 0.6) is 5.75 Å². The van der Waals surface area contributed by atoms with Gasteiger partial charge < -0.3 is 20.3 Å². The van der Waals surface area contributed by atoms with E-state index in [1.54, 1.807) is 41.3 Å². The maximum Gasteiger partial charge on any atom is 0.281 e. The molecule has 0 spiro atoms. The first kappa shape index (κ1) is 26.1. The second-order valence-electron chi connectivity index (χ2n) is 9.18. The summed E-state index contributed by atoms with van der Waals surface area (Å²) in [6.45, 7) is 3.10. The van der Waals surface area contributed by atoms with Crippen molar-refractivity contribution in [1.29, 1.82) is 0 Å². The highest BCUT2D eigenvalue weighted by Gasteiger charge is 2.34. The summed E-state index contributed by atoms with van der Waals surface area (Å²) < 4.78 is 33.1. The molecular weight excluding hydrogens is 482 g/mol. The van der Waals surface area contributed by atoms with E-state index in [9.17, 15) is 18.0 Å². The first-order valence-electron chi connectivity index (χ1n) is 12.0. The van der Waals surface area contributed by atoms with Crippen LogP contribution in [0, 0.1) is 0 Å². The number of carbonyl (C=O) groups excluding carboxylic acids is 2. The van der Waals surface area contributed by atoms with Gasteiger partial charge in [-0.2, -0.15) is 17.0 Å². The molecule has 2 aliphatic heterocycles. The van der Waals surface area contributed by atoms with Gasteiger partial charge in [0.2, 0.25) is 0 Å². The highest BCUT2D eigenvalue weighted by Crippen LogP contribution is 2.22. The molecule has 0 bridgehead atoms. The van der Waals surface area contributed by atoms with Crippen molar-refractivity contribution < 1.29 is 22.7 Å². The summed E-state index contributed by atoms with van der Waals surface area (Å²) in [5.74, 6) is 0.474. The number of ether oxygens (including phenoxy) is 1. The molecule has 4 rings (SSSR count). The Bertz CT molecular complexity index is 1150. The van der Waals surface area contributed by atoms with Gasteiger partial charge in [0.25, 0.3) is 22.0 Å². The summed E-state index contributed by atoms with van der Waals surface area (Å²) in [5, 5.41) is 6.23. The van der Waals surface area contributed by atoms with Gasteiger partial charge in [-0.1, -0.05) is 18.2 Å². The lowest BCUT2D eigenvalue weighted by Gasteiger charge is -2.39. The smallest absolute Gasteiger partial charge is 0.281 e. The molecule has 2 aromatic carbocycles. The van der Waals surface area contributed by atoms with Gasteiger partial charge in [-0.05, 0) is 42.8 Å². The predicted molar refractivity (Wildman–Crippen MR) is 136 cm³/mol. The minimum atomic E-state index is -3.44. The zero-order valence-corrected chi connectivity index (χ0v) is 21.4. The third-order valence-corrected chi connectivity index (χ3v) is 8.25. The van der Waals surface area contributed by atoms with E-state index < -0.39 is 10.2 Å². The van der Waals surface area contributed by atoms with Gasteiger partial charge in [0.05, 0.1) is 6.54 Å². The maximum atomic E-state index is 12.7. The Kier molecular flexibility index (Phi) is 8.24. The standard InChI is InChI=1S/C25H33N5O5S/c1-28(2)36(33,34)30-15-12-23(18-30)35-22-10-8-20(9-11-22)25(32)29-16-21(17-29)26-13-14-27-24(31)19-6-4-3-5-7-19/h3-11,21,23,26H,12-18H2,1-2H3,(H,27,31)/t23-/m0/s1. The summed E-state index contributed by atoms with van der Waals surface area (Å²) in [7, 11) is -0.408. The van der Waals surface area contributed by atoms with Gasteiger partial charge in [0.15, 0.2) is 0 Å². The molecule has 0 aromatic heterocycles. The van der Waals surface area contributed by atoms with Crippen molar-refractivity contribution in [2.45, 2.75) is 18.6 Å². The molecule has 0 saturated carbocycles. The first-order valence-corrected chi connectivity index (χ1v) is 13.4. The second-order valence-corrected chi connectivity index (χ2v) is 11.3. The minimum Gasteiger partial charge on any atom is -0.489 e. The molecule has 2 aromatic rings. The summed E-state index contributed by atoms with van der Waals surface area (Å²) in [5.41, 5.74) is 1.22. The SMILES string of the molecule is CN(C)S(=O)(=O)N1CC[C@H](Oc2ccc(C(=O)N3CC(NCCNC(=O)c4ccccc4)C3)cc2)C1. The molecule has 10 nitrogen and oxygen atoms in total. The Morgan fingerprint density at radius 1 is 0.972 bits per heavy atom. The van der Waals surface area contributed by atoms with Crippen LogP contribution >= 0.6 is 0 Å². The molecule has 36 heavy (non-hydrogen) atoms. The van der Waals surface area contributed by atoms with Crippen LogP contribution in [0.1, 0.15) is 27.1 Å². The lowest BCUT2D eigenvalue weighted by Crippen LogP contribution is -2.60. The van der Waals surface area contributed by atoms with Crippen molar-refractivity contribution in [2.75, 3.05) is 53.4 Å². The van der Waals surface area contributed by atoms with Gasteiger partial charge in [0, 0.05) is 64.0 Å². The third-order valence-electron chi connectivity index (χ3n) is 6.35. The average molecular weight is 516 g/mol. The van der Waals surface area contributed by atoms with Gasteiger partial charge in [-0.3, -0.25) is 9.59 Å². The molecule has 1 atom stereocenters. The summed E-state index contributed by atoms with van der Waals surface area (Å²) in [4.78, 5) is 26.6. The van der Waals surface area contributed by atoms with E-state index in [4.69, 9.17) is 4.74 Å². The summed E-state index contributed by atoms with van der Waals surface area (Å²) in [6.07, 6.45) is 0.396. The molecule has 2 saturated heterocycles. The van der Waals surface area contributed by atoms with Crippen molar-refractivity contribution in [1.82, 2.24) is 24.1 Å². The van der Waals surface area contributed by atoms with Crippen molar-refractivity contribution >= 4 is 22.0 Å². The molecule has 11 heteroatoms. The molecule has 2 N–H and O–H groups in total.